The van der Waals surface area contributed by atoms with Crippen LogP contribution in [0.1, 0.15) is 18.9 Å². The van der Waals surface area contributed by atoms with Crippen LogP contribution >= 0.6 is 0 Å². The van der Waals surface area contributed by atoms with Gasteiger partial charge in [-0.05, 0) is 19.1 Å². The number of ether oxygens (including phenoxy) is 1. The molecule has 0 radical (unpaired) electrons. The third kappa shape index (κ3) is 4.34. The molecule has 112 valence electrons. The Labute approximate surface area is 124 Å². The minimum Gasteiger partial charge on any atom is -0.493 e. The highest BCUT2D eigenvalue weighted by atomic mass is 16.5. The van der Waals surface area contributed by atoms with Crippen molar-refractivity contribution >= 4 is 17.9 Å². The van der Waals surface area contributed by atoms with E-state index >= 15 is 0 Å². The van der Waals surface area contributed by atoms with Gasteiger partial charge in [-0.25, -0.2) is 0 Å². The molecule has 0 unspecified atom stereocenters. The van der Waals surface area contributed by atoms with Crippen molar-refractivity contribution in [1.29, 1.82) is 0 Å². The molecule has 1 aromatic carbocycles. The third-order valence-electron chi connectivity index (χ3n) is 3.25. The second-order valence-corrected chi connectivity index (χ2v) is 4.73. The van der Waals surface area contributed by atoms with Gasteiger partial charge in [0, 0.05) is 37.7 Å². The van der Waals surface area contributed by atoms with Gasteiger partial charge >= 0.3 is 0 Å². The lowest BCUT2D eigenvalue weighted by molar-refractivity contribution is -0.125. The summed E-state index contributed by atoms with van der Waals surface area (Å²) in [5.41, 5.74) is 0.872. The lowest BCUT2D eigenvalue weighted by Crippen LogP contribution is -2.32. The number of hydrogen-bond acceptors (Lipinski definition) is 3. The van der Waals surface area contributed by atoms with Crippen LogP contribution in [0.5, 0.6) is 5.75 Å². The monoisotopic (exact) mass is 288 g/mol. The fourth-order valence-corrected chi connectivity index (χ4v) is 2.16. The van der Waals surface area contributed by atoms with Crippen LogP contribution < -0.4 is 10.1 Å². The molecule has 1 aromatic rings. The lowest BCUT2D eigenvalue weighted by atomic mass is 10.2. The van der Waals surface area contributed by atoms with Crippen molar-refractivity contribution in [2.45, 2.75) is 13.3 Å². The minimum absolute atomic E-state index is 0.00373. The van der Waals surface area contributed by atoms with Gasteiger partial charge < -0.3 is 15.0 Å². The molecule has 1 aliphatic heterocycles. The molecule has 21 heavy (non-hydrogen) atoms. The number of hydrogen-bond donors (Lipinski definition) is 1. The summed E-state index contributed by atoms with van der Waals surface area (Å²) >= 11 is 0. The van der Waals surface area contributed by atoms with Crippen molar-refractivity contribution in [2.75, 3.05) is 26.2 Å². The van der Waals surface area contributed by atoms with Gasteiger partial charge in [0.25, 0.3) is 0 Å². The molecular weight excluding hydrogens is 268 g/mol. The summed E-state index contributed by atoms with van der Waals surface area (Å²) in [7, 11) is 0. The maximum atomic E-state index is 12.2. The van der Waals surface area contributed by atoms with Gasteiger partial charge in [0.2, 0.25) is 11.8 Å². The molecule has 2 rings (SSSR count). The molecule has 0 aromatic heterocycles. The maximum Gasteiger partial charge on any atom is 0.246 e. The van der Waals surface area contributed by atoms with Crippen LogP contribution in [0.15, 0.2) is 30.3 Å². The molecular formula is C16H20N2O3. The highest BCUT2D eigenvalue weighted by molar-refractivity contribution is 5.92. The number of rotatable bonds is 4. The number of para-hydroxylation sites is 1. The van der Waals surface area contributed by atoms with E-state index in [1.807, 2.05) is 31.2 Å². The SMILES string of the molecule is CCOc1ccccc1C=CC(=O)N1CCNC(=O)CC1. The lowest BCUT2D eigenvalue weighted by Gasteiger charge is -2.17. The van der Waals surface area contributed by atoms with E-state index in [2.05, 4.69) is 5.32 Å². The van der Waals surface area contributed by atoms with Gasteiger partial charge in [-0.3, -0.25) is 9.59 Å². The van der Waals surface area contributed by atoms with E-state index in [1.165, 1.54) is 6.08 Å². The minimum atomic E-state index is -0.0854. The van der Waals surface area contributed by atoms with Crippen LogP contribution in [0, 0.1) is 0 Å². The Bertz CT molecular complexity index is 540. The van der Waals surface area contributed by atoms with Crippen molar-refractivity contribution in [2.24, 2.45) is 0 Å². The van der Waals surface area contributed by atoms with E-state index in [-0.39, 0.29) is 11.8 Å². The molecule has 0 atom stereocenters. The van der Waals surface area contributed by atoms with Gasteiger partial charge in [-0.2, -0.15) is 0 Å². The summed E-state index contributed by atoms with van der Waals surface area (Å²) in [5, 5.41) is 2.75. The normalized spacial score (nSPS) is 15.7. The van der Waals surface area contributed by atoms with E-state index in [4.69, 9.17) is 4.74 Å². The largest absolute Gasteiger partial charge is 0.493 e. The fourth-order valence-electron chi connectivity index (χ4n) is 2.16. The number of carbonyl (C=O) groups is 2. The average Bonchev–Trinajstić information content (AvgIpc) is 2.71. The van der Waals surface area contributed by atoms with Crippen LogP contribution in [0.3, 0.4) is 0 Å². The van der Waals surface area contributed by atoms with Crippen LogP contribution in [0.25, 0.3) is 6.08 Å². The Morgan fingerprint density at radius 2 is 2.19 bits per heavy atom. The molecule has 0 saturated carbocycles. The molecule has 1 aliphatic rings. The molecule has 2 amide bonds. The van der Waals surface area contributed by atoms with Gasteiger partial charge in [0.05, 0.1) is 6.61 Å². The molecule has 5 heteroatoms. The Kier molecular flexibility index (Phi) is 5.37. The first-order valence-electron chi connectivity index (χ1n) is 7.16. The summed E-state index contributed by atoms with van der Waals surface area (Å²) in [6, 6.07) is 7.59. The summed E-state index contributed by atoms with van der Waals surface area (Å²) < 4.78 is 5.52. The Morgan fingerprint density at radius 1 is 1.38 bits per heavy atom. The zero-order valence-corrected chi connectivity index (χ0v) is 12.2. The Hall–Kier alpha value is -2.30. The van der Waals surface area contributed by atoms with E-state index in [0.29, 0.717) is 32.7 Å². The second kappa shape index (κ2) is 7.47. The van der Waals surface area contributed by atoms with Crippen molar-refractivity contribution in [3.8, 4) is 5.75 Å². The van der Waals surface area contributed by atoms with E-state index < -0.39 is 0 Å². The topological polar surface area (TPSA) is 58.6 Å². The molecule has 0 bridgehead atoms. The van der Waals surface area contributed by atoms with Crippen molar-refractivity contribution < 1.29 is 14.3 Å². The number of nitrogens with one attached hydrogen (secondary N) is 1. The summed E-state index contributed by atoms with van der Waals surface area (Å²) in [6.07, 6.45) is 3.65. The number of benzene rings is 1. The summed E-state index contributed by atoms with van der Waals surface area (Å²) in [6.45, 7) is 4.02. The quantitative estimate of drug-likeness (QED) is 0.853. The fraction of sp³-hybridized carbons (Fsp3) is 0.375. The van der Waals surface area contributed by atoms with E-state index in [9.17, 15) is 9.59 Å². The van der Waals surface area contributed by atoms with Crippen molar-refractivity contribution in [3.63, 3.8) is 0 Å². The van der Waals surface area contributed by atoms with Gasteiger partial charge in [-0.15, -0.1) is 0 Å². The third-order valence-corrected chi connectivity index (χ3v) is 3.25. The highest BCUT2D eigenvalue weighted by Gasteiger charge is 2.16. The molecule has 1 saturated heterocycles. The zero-order chi connectivity index (χ0) is 15.1. The predicted octanol–water partition coefficient (Wildman–Crippen LogP) is 1.45. The van der Waals surface area contributed by atoms with Gasteiger partial charge in [0.1, 0.15) is 5.75 Å². The molecule has 1 heterocycles. The number of amides is 2. The maximum absolute atomic E-state index is 12.2. The Morgan fingerprint density at radius 3 is 3.00 bits per heavy atom. The van der Waals surface area contributed by atoms with Crippen molar-refractivity contribution in [3.05, 3.63) is 35.9 Å². The molecule has 0 spiro atoms. The van der Waals surface area contributed by atoms with Crippen LogP contribution in [0.2, 0.25) is 0 Å². The van der Waals surface area contributed by atoms with Crippen LogP contribution in [-0.4, -0.2) is 43.0 Å². The van der Waals surface area contributed by atoms with Gasteiger partial charge in [0.15, 0.2) is 0 Å². The average molecular weight is 288 g/mol. The zero-order valence-electron chi connectivity index (χ0n) is 12.2. The number of nitrogens with zero attached hydrogens (tertiary/aromatic N) is 1. The number of carbonyl (C=O) groups excluding carboxylic acids is 2. The smallest absolute Gasteiger partial charge is 0.246 e. The van der Waals surface area contributed by atoms with Gasteiger partial charge in [-0.1, -0.05) is 18.2 Å². The first kappa shape index (κ1) is 15.1. The van der Waals surface area contributed by atoms with Crippen LogP contribution in [0.4, 0.5) is 0 Å². The summed E-state index contributed by atoms with van der Waals surface area (Å²) in [5.74, 6) is 0.672. The molecule has 0 aliphatic carbocycles. The molecule has 1 fully saturated rings. The molecule has 5 nitrogen and oxygen atoms in total. The van der Waals surface area contributed by atoms with Crippen molar-refractivity contribution in [1.82, 2.24) is 10.2 Å². The molecule has 1 N–H and O–H groups in total. The summed E-state index contributed by atoms with van der Waals surface area (Å²) in [4.78, 5) is 25.1. The standard InChI is InChI=1S/C16H20N2O3/c1-2-21-14-6-4-3-5-13(14)7-8-16(20)18-11-9-15(19)17-10-12-18/h3-8H,2,9-12H2,1H3,(H,17,19). The van der Waals surface area contributed by atoms with E-state index in [0.717, 1.165) is 11.3 Å². The van der Waals surface area contributed by atoms with Crippen LogP contribution in [-0.2, 0) is 9.59 Å². The second-order valence-electron chi connectivity index (χ2n) is 4.73. The van der Waals surface area contributed by atoms with E-state index in [1.54, 1.807) is 11.0 Å². The highest BCUT2D eigenvalue weighted by Crippen LogP contribution is 2.19. The first-order chi connectivity index (χ1) is 10.2. The first-order valence-corrected chi connectivity index (χ1v) is 7.16. The predicted molar refractivity (Wildman–Crippen MR) is 80.9 cm³/mol. The Balaban J connectivity index is 2.03.